The van der Waals surface area contributed by atoms with Crippen molar-refractivity contribution in [2.24, 2.45) is 28.1 Å². The van der Waals surface area contributed by atoms with E-state index < -0.39 is 5.60 Å². The minimum Gasteiger partial charge on any atom is -0.442 e. The van der Waals surface area contributed by atoms with Gasteiger partial charge in [0.05, 0.1) is 17.6 Å². The van der Waals surface area contributed by atoms with Gasteiger partial charge < -0.3 is 4.74 Å². The average Bonchev–Trinajstić information content (AvgIpc) is 3.24. The minimum atomic E-state index is -0.522. The van der Waals surface area contributed by atoms with Crippen LogP contribution in [0.25, 0.3) is 0 Å². The molecule has 1 saturated heterocycles. The van der Waals surface area contributed by atoms with E-state index in [0.29, 0.717) is 0 Å². The van der Waals surface area contributed by atoms with Gasteiger partial charge in [-0.05, 0) is 77.0 Å². The van der Waals surface area contributed by atoms with E-state index in [1.807, 2.05) is 20.8 Å². The summed E-state index contributed by atoms with van der Waals surface area (Å²) in [5.41, 5.74) is -0.354. The molecule has 1 amide bonds. The fraction of sp³-hybridized carbons (Fsp3) is 0.950. The van der Waals surface area contributed by atoms with Gasteiger partial charge in [0.1, 0.15) is 17.7 Å². The highest BCUT2D eigenvalue weighted by Gasteiger charge is 2.65. The Labute approximate surface area is 160 Å². The van der Waals surface area contributed by atoms with Crippen molar-refractivity contribution in [2.75, 3.05) is 0 Å². The number of carbonyl (C=O) groups is 1. The maximum absolute atomic E-state index is 12.7. The predicted octanol–water partition coefficient (Wildman–Crippen LogP) is 3.70. The molecule has 6 fully saturated rings. The van der Waals surface area contributed by atoms with Crippen molar-refractivity contribution >= 4 is 6.09 Å². The second kappa shape index (κ2) is 5.16. The lowest BCUT2D eigenvalue weighted by molar-refractivity contribution is -0.197. The highest BCUT2D eigenvalue weighted by molar-refractivity contribution is 5.68. The van der Waals surface area contributed by atoms with Gasteiger partial charge in [0.2, 0.25) is 0 Å². The first-order valence-corrected chi connectivity index (χ1v) is 10.7. The number of hydrogen-bond acceptors (Lipinski definition) is 6. The third-order valence-corrected chi connectivity index (χ3v) is 7.78. The Hall–Kier alpha value is -1.37. The van der Waals surface area contributed by atoms with Crippen LogP contribution >= 0.6 is 0 Å². The molecule has 7 heteroatoms. The van der Waals surface area contributed by atoms with Gasteiger partial charge in [0.25, 0.3) is 0 Å². The summed E-state index contributed by atoms with van der Waals surface area (Å²) in [6, 6.07) is 0.229. The fourth-order valence-electron chi connectivity index (χ4n) is 7.40. The molecule has 0 aromatic heterocycles. The normalized spacial score (nSPS) is 49.2. The van der Waals surface area contributed by atoms with Crippen LogP contribution in [0.5, 0.6) is 0 Å². The summed E-state index contributed by atoms with van der Waals surface area (Å²) < 4.78 is 5.59. The fourth-order valence-corrected chi connectivity index (χ4v) is 7.40. The zero-order valence-electron chi connectivity index (χ0n) is 16.5. The van der Waals surface area contributed by atoms with Gasteiger partial charge in [-0.2, -0.15) is 10.2 Å². The van der Waals surface area contributed by atoms with Gasteiger partial charge in [-0.3, -0.25) is 9.85 Å². The number of hydroxylamine groups is 2. The Morgan fingerprint density at radius 1 is 1.07 bits per heavy atom. The van der Waals surface area contributed by atoms with Crippen LogP contribution < -0.4 is 0 Å². The summed E-state index contributed by atoms with van der Waals surface area (Å²) in [4.78, 5) is 18.6. The summed E-state index contributed by atoms with van der Waals surface area (Å²) in [7, 11) is 0. The second-order valence-corrected chi connectivity index (χ2v) is 10.9. The Balaban J connectivity index is 1.27. The average molecular weight is 374 g/mol. The Morgan fingerprint density at radius 2 is 1.70 bits per heavy atom. The molecule has 0 aromatic carbocycles. The number of hydrogen-bond donors (Lipinski definition) is 0. The van der Waals surface area contributed by atoms with Crippen molar-refractivity contribution < 1.29 is 14.4 Å². The van der Waals surface area contributed by atoms with E-state index >= 15 is 0 Å². The van der Waals surface area contributed by atoms with Crippen LogP contribution in [-0.4, -0.2) is 51.5 Å². The first kappa shape index (κ1) is 16.6. The maximum Gasteiger partial charge on any atom is 0.434 e. The van der Waals surface area contributed by atoms with Crippen LogP contribution in [0, 0.1) is 17.8 Å². The molecule has 27 heavy (non-hydrogen) atoms. The van der Waals surface area contributed by atoms with E-state index in [1.165, 1.54) is 43.6 Å². The monoisotopic (exact) mass is 374 g/mol. The van der Waals surface area contributed by atoms with E-state index in [-0.39, 0.29) is 35.9 Å². The molecule has 4 unspecified atom stereocenters. The smallest absolute Gasteiger partial charge is 0.434 e. The number of carbonyl (C=O) groups excluding carboxylic acids is 1. The Bertz CT molecular complexity index is 667. The first-order chi connectivity index (χ1) is 12.8. The molecular formula is C20H30N4O3. The maximum atomic E-state index is 12.7. The zero-order valence-corrected chi connectivity index (χ0v) is 16.5. The van der Waals surface area contributed by atoms with Gasteiger partial charge in [-0.25, -0.2) is 4.79 Å². The molecule has 0 radical (unpaired) electrons. The molecule has 0 aromatic rings. The molecule has 7 nitrogen and oxygen atoms in total. The zero-order chi connectivity index (χ0) is 18.6. The molecule has 148 valence electrons. The Kier molecular flexibility index (Phi) is 3.17. The quantitative estimate of drug-likeness (QED) is 0.702. The topological polar surface area (TPSA) is 66.7 Å². The van der Waals surface area contributed by atoms with Crippen molar-refractivity contribution in [3.05, 3.63) is 0 Å². The van der Waals surface area contributed by atoms with E-state index in [9.17, 15) is 4.79 Å². The second-order valence-electron chi connectivity index (χ2n) is 10.9. The van der Waals surface area contributed by atoms with E-state index in [0.717, 1.165) is 24.2 Å². The summed E-state index contributed by atoms with van der Waals surface area (Å²) in [6.07, 6.45) is 8.44. The molecule has 2 heterocycles. The number of nitrogens with zero attached hydrogens (tertiary/aromatic N) is 4. The lowest BCUT2D eigenvalue weighted by Crippen LogP contribution is -2.64. The van der Waals surface area contributed by atoms with Crippen LogP contribution in [0.3, 0.4) is 0 Å². The van der Waals surface area contributed by atoms with Crippen molar-refractivity contribution in [3.63, 3.8) is 0 Å². The van der Waals surface area contributed by atoms with Crippen molar-refractivity contribution in [1.29, 1.82) is 0 Å². The van der Waals surface area contributed by atoms with Crippen LogP contribution in [0.1, 0.15) is 65.7 Å². The largest absolute Gasteiger partial charge is 0.442 e. The molecule has 2 aliphatic heterocycles. The predicted molar refractivity (Wildman–Crippen MR) is 96.5 cm³/mol. The van der Waals surface area contributed by atoms with Crippen molar-refractivity contribution in [2.45, 2.75) is 101 Å². The van der Waals surface area contributed by atoms with E-state index in [2.05, 4.69) is 10.1 Å². The third-order valence-electron chi connectivity index (χ3n) is 7.78. The van der Waals surface area contributed by atoms with Gasteiger partial charge in [-0.15, -0.1) is 0 Å². The third kappa shape index (κ3) is 2.33. The minimum absolute atomic E-state index is 0.00199. The molecule has 7 rings (SSSR count). The van der Waals surface area contributed by atoms with Crippen LogP contribution in [0.4, 0.5) is 4.79 Å². The number of ether oxygens (including phenoxy) is 1. The molecule has 5 aliphatic carbocycles. The molecule has 0 N–H and O–H groups in total. The Morgan fingerprint density at radius 3 is 2.30 bits per heavy atom. The van der Waals surface area contributed by atoms with Crippen molar-refractivity contribution in [1.82, 2.24) is 10.1 Å². The van der Waals surface area contributed by atoms with Crippen LogP contribution in [0.15, 0.2) is 10.3 Å². The molecule has 5 saturated carbocycles. The number of rotatable bonds is 1. The first-order valence-electron chi connectivity index (χ1n) is 10.7. The summed E-state index contributed by atoms with van der Waals surface area (Å²) >= 11 is 0. The van der Waals surface area contributed by atoms with Crippen LogP contribution in [0.2, 0.25) is 0 Å². The molecule has 7 aliphatic rings. The number of fused-ring (bicyclic) bond motifs is 5. The van der Waals surface area contributed by atoms with Gasteiger partial charge in [0.15, 0.2) is 0 Å². The number of amides is 1. The van der Waals surface area contributed by atoms with E-state index in [4.69, 9.17) is 14.8 Å². The molecular weight excluding hydrogens is 344 g/mol. The van der Waals surface area contributed by atoms with Gasteiger partial charge >= 0.3 is 6.09 Å². The summed E-state index contributed by atoms with van der Waals surface area (Å²) in [5.74, 6) is 2.59. The highest BCUT2D eigenvalue weighted by atomic mass is 16.7. The lowest BCUT2D eigenvalue weighted by Gasteiger charge is -2.60. The summed E-state index contributed by atoms with van der Waals surface area (Å²) in [6.45, 7) is 5.68. The highest BCUT2D eigenvalue weighted by Crippen LogP contribution is 2.60. The van der Waals surface area contributed by atoms with Crippen molar-refractivity contribution in [3.8, 4) is 0 Å². The molecule has 0 spiro atoms. The van der Waals surface area contributed by atoms with E-state index in [1.54, 1.807) is 0 Å². The van der Waals surface area contributed by atoms with Gasteiger partial charge in [-0.1, -0.05) is 5.22 Å². The lowest BCUT2D eigenvalue weighted by atomic mass is 9.52. The van der Waals surface area contributed by atoms with Crippen LogP contribution in [-0.2, 0) is 9.57 Å². The van der Waals surface area contributed by atoms with Gasteiger partial charge in [0, 0.05) is 6.42 Å². The standard InChI is InChI=1S/C20H30N4O3/c1-19(2,3)26-18(25)23-14-7-15(27-23)16-17(14)24(22-21-16)20-8-11-4-12(9-20)6-13(5-11)10-20/h11-17H,4-10H2,1-3H3. The summed E-state index contributed by atoms with van der Waals surface area (Å²) in [5, 5.41) is 13.2. The molecule has 6 bridgehead atoms. The molecule has 4 atom stereocenters. The SMILES string of the molecule is CC(C)(C)OC(=O)N1OC2CC1C1C2N=NN1C12CC3CC(CC(C3)C1)C2.